The van der Waals surface area contributed by atoms with Crippen molar-refractivity contribution in [3.8, 4) is 0 Å². The first-order chi connectivity index (χ1) is 7.56. The molecule has 0 unspecified atom stereocenters. The van der Waals surface area contributed by atoms with E-state index < -0.39 is 0 Å². The molecule has 1 amide bonds. The van der Waals surface area contributed by atoms with E-state index in [2.05, 4.69) is 18.9 Å². The molecular formula is C12H19N3O. The van der Waals surface area contributed by atoms with Crippen molar-refractivity contribution in [1.29, 1.82) is 0 Å². The van der Waals surface area contributed by atoms with E-state index in [4.69, 9.17) is 0 Å². The van der Waals surface area contributed by atoms with Crippen LogP contribution in [0.1, 0.15) is 30.6 Å². The van der Waals surface area contributed by atoms with Gasteiger partial charge in [0, 0.05) is 26.3 Å². The molecule has 88 valence electrons. The van der Waals surface area contributed by atoms with Crippen LogP contribution in [0.3, 0.4) is 0 Å². The minimum Gasteiger partial charge on any atom is -0.338 e. The molecule has 4 nitrogen and oxygen atoms in total. The molecule has 0 N–H and O–H groups in total. The molecule has 4 heteroatoms. The minimum atomic E-state index is 0.119. The summed E-state index contributed by atoms with van der Waals surface area (Å²) in [7, 11) is 1.83. The van der Waals surface area contributed by atoms with E-state index in [-0.39, 0.29) is 5.91 Å². The Morgan fingerprint density at radius 2 is 2.25 bits per heavy atom. The van der Waals surface area contributed by atoms with Gasteiger partial charge in [-0.3, -0.25) is 9.48 Å². The average molecular weight is 221 g/mol. The van der Waals surface area contributed by atoms with Crippen LogP contribution >= 0.6 is 0 Å². The largest absolute Gasteiger partial charge is 0.338 e. The van der Waals surface area contributed by atoms with Crippen LogP contribution in [0.15, 0.2) is 12.4 Å². The maximum absolute atomic E-state index is 11.9. The normalized spacial score (nSPS) is 16.6. The number of amides is 1. The van der Waals surface area contributed by atoms with Crippen LogP contribution in [0.5, 0.6) is 0 Å². The highest BCUT2D eigenvalue weighted by molar-refractivity contribution is 5.94. The number of aryl methyl sites for hydroxylation is 1. The second-order valence-corrected chi connectivity index (χ2v) is 5.11. The summed E-state index contributed by atoms with van der Waals surface area (Å²) in [5.74, 6) is 1.54. The summed E-state index contributed by atoms with van der Waals surface area (Å²) >= 11 is 0. The standard InChI is InChI=1S/C12H19N3O/c1-9(2)4-10-6-15(7-10)12(16)11-5-13-14(3)8-11/h5,8-10H,4,6-7H2,1-3H3. The Kier molecular flexibility index (Phi) is 2.99. The van der Waals surface area contributed by atoms with Crippen molar-refractivity contribution in [2.24, 2.45) is 18.9 Å². The zero-order valence-electron chi connectivity index (χ0n) is 10.2. The molecule has 1 saturated heterocycles. The van der Waals surface area contributed by atoms with Gasteiger partial charge in [-0.1, -0.05) is 13.8 Å². The molecule has 0 radical (unpaired) electrons. The lowest BCUT2D eigenvalue weighted by Gasteiger charge is -2.40. The van der Waals surface area contributed by atoms with Gasteiger partial charge in [0.2, 0.25) is 0 Å². The topological polar surface area (TPSA) is 38.1 Å². The molecule has 16 heavy (non-hydrogen) atoms. The summed E-state index contributed by atoms with van der Waals surface area (Å²) in [6.07, 6.45) is 4.63. The second-order valence-electron chi connectivity index (χ2n) is 5.11. The lowest BCUT2D eigenvalue weighted by Crippen LogP contribution is -2.50. The summed E-state index contributed by atoms with van der Waals surface area (Å²) in [6, 6.07) is 0. The Bertz CT molecular complexity index is 377. The number of hydrogen-bond acceptors (Lipinski definition) is 2. The van der Waals surface area contributed by atoms with E-state index in [1.54, 1.807) is 17.1 Å². The molecule has 0 atom stereocenters. The number of carbonyl (C=O) groups is 1. The number of aromatic nitrogens is 2. The van der Waals surface area contributed by atoms with Crippen molar-refractivity contribution in [1.82, 2.24) is 14.7 Å². The van der Waals surface area contributed by atoms with Gasteiger partial charge in [-0.15, -0.1) is 0 Å². The molecule has 1 aromatic heterocycles. The third-order valence-corrected chi connectivity index (χ3v) is 3.00. The van der Waals surface area contributed by atoms with Crippen molar-refractivity contribution < 1.29 is 4.79 Å². The lowest BCUT2D eigenvalue weighted by molar-refractivity contribution is 0.0461. The average Bonchev–Trinajstić information content (AvgIpc) is 2.56. The molecule has 0 aromatic carbocycles. The van der Waals surface area contributed by atoms with Crippen molar-refractivity contribution in [2.45, 2.75) is 20.3 Å². The molecular weight excluding hydrogens is 202 g/mol. The number of hydrogen-bond donors (Lipinski definition) is 0. The van der Waals surface area contributed by atoms with Gasteiger partial charge >= 0.3 is 0 Å². The first-order valence-corrected chi connectivity index (χ1v) is 5.84. The molecule has 1 aliphatic rings. The molecule has 2 rings (SSSR count). The van der Waals surface area contributed by atoms with Crippen molar-refractivity contribution in [3.05, 3.63) is 18.0 Å². The zero-order chi connectivity index (χ0) is 11.7. The summed E-state index contributed by atoms with van der Waals surface area (Å²) in [4.78, 5) is 13.9. The van der Waals surface area contributed by atoms with Crippen LogP contribution in [-0.4, -0.2) is 33.7 Å². The maximum atomic E-state index is 11.9. The number of likely N-dealkylation sites (tertiary alicyclic amines) is 1. The second kappa shape index (κ2) is 4.28. The fourth-order valence-electron chi connectivity index (χ4n) is 2.27. The van der Waals surface area contributed by atoms with Gasteiger partial charge in [0.25, 0.3) is 5.91 Å². The minimum absolute atomic E-state index is 0.119. The van der Waals surface area contributed by atoms with Gasteiger partial charge in [-0.2, -0.15) is 5.10 Å². The van der Waals surface area contributed by atoms with Crippen molar-refractivity contribution >= 4 is 5.91 Å². The number of rotatable bonds is 3. The molecule has 1 aliphatic heterocycles. The summed E-state index contributed by atoms with van der Waals surface area (Å²) in [5.41, 5.74) is 0.700. The smallest absolute Gasteiger partial charge is 0.257 e. The van der Waals surface area contributed by atoms with Crippen LogP contribution in [-0.2, 0) is 7.05 Å². The third kappa shape index (κ3) is 2.26. The molecule has 0 aliphatic carbocycles. The quantitative estimate of drug-likeness (QED) is 0.776. The van der Waals surface area contributed by atoms with Crippen molar-refractivity contribution in [2.75, 3.05) is 13.1 Å². The highest BCUT2D eigenvalue weighted by Crippen LogP contribution is 2.24. The fourth-order valence-corrected chi connectivity index (χ4v) is 2.27. The predicted molar refractivity (Wildman–Crippen MR) is 62.1 cm³/mol. The Morgan fingerprint density at radius 3 is 2.75 bits per heavy atom. The van der Waals surface area contributed by atoms with Crippen LogP contribution in [0, 0.1) is 11.8 Å². The zero-order valence-corrected chi connectivity index (χ0v) is 10.2. The predicted octanol–water partition coefficient (Wildman–Crippen LogP) is 1.54. The van der Waals surface area contributed by atoms with Gasteiger partial charge in [0.1, 0.15) is 0 Å². The van der Waals surface area contributed by atoms with Crippen LogP contribution in [0.4, 0.5) is 0 Å². The molecule has 0 bridgehead atoms. The molecule has 1 fully saturated rings. The van der Waals surface area contributed by atoms with E-state index in [9.17, 15) is 4.79 Å². The molecule has 2 heterocycles. The number of nitrogens with zero attached hydrogens (tertiary/aromatic N) is 3. The lowest BCUT2D eigenvalue weighted by atomic mass is 9.90. The molecule has 0 saturated carbocycles. The first kappa shape index (κ1) is 11.2. The van der Waals surface area contributed by atoms with Gasteiger partial charge in [0.05, 0.1) is 11.8 Å². The van der Waals surface area contributed by atoms with Crippen LogP contribution in [0.2, 0.25) is 0 Å². The highest BCUT2D eigenvalue weighted by atomic mass is 16.2. The first-order valence-electron chi connectivity index (χ1n) is 5.84. The van der Waals surface area contributed by atoms with E-state index >= 15 is 0 Å². The van der Waals surface area contributed by atoms with Crippen molar-refractivity contribution in [3.63, 3.8) is 0 Å². The van der Waals surface area contributed by atoms with E-state index in [0.29, 0.717) is 11.5 Å². The van der Waals surface area contributed by atoms with Gasteiger partial charge in [-0.25, -0.2) is 0 Å². The SMILES string of the molecule is CC(C)CC1CN(C(=O)c2cnn(C)c2)C1. The van der Waals surface area contributed by atoms with E-state index in [1.807, 2.05) is 11.9 Å². The van der Waals surface area contributed by atoms with Crippen LogP contribution < -0.4 is 0 Å². The van der Waals surface area contributed by atoms with Crippen LogP contribution in [0.25, 0.3) is 0 Å². The maximum Gasteiger partial charge on any atom is 0.257 e. The number of carbonyl (C=O) groups excluding carboxylic acids is 1. The third-order valence-electron chi connectivity index (χ3n) is 3.00. The molecule has 1 aromatic rings. The fraction of sp³-hybridized carbons (Fsp3) is 0.667. The monoisotopic (exact) mass is 221 g/mol. The Morgan fingerprint density at radius 1 is 1.56 bits per heavy atom. The van der Waals surface area contributed by atoms with Gasteiger partial charge in [-0.05, 0) is 18.3 Å². The summed E-state index contributed by atoms with van der Waals surface area (Å²) in [5, 5.41) is 4.02. The Balaban J connectivity index is 1.86. The summed E-state index contributed by atoms with van der Waals surface area (Å²) < 4.78 is 1.67. The van der Waals surface area contributed by atoms with E-state index in [0.717, 1.165) is 19.0 Å². The Labute approximate surface area is 96.2 Å². The molecule has 0 spiro atoms. The van der Waals surface area contributed by atoms with E-state index in [1.165, 1.54) is 6.42 Å². The van der Waals surface area contributed by atoms with Gasteiger partial charge in [0.15, 0.2) is 0 Å². The van der Waals surface area contributed by atoms with Gasteiger partial charge < -0.3 is 4.90 Å². The highest BCUT2D eigenvalue weighted by Gasteiger charge is 2.31. The summed E-state index contributed by atoms with van der Waals surface area (Å²) in [6.45, 7) is 6.27. The Hall–Kier alpha value is -1.32.